The number of nitrogens with one attached hydrogen (secondary N) is 2. The van der Waals surface area contributed by atoms with Gasteiger partial charge in [0, 0.05) is 15.8 Å². The molecule has 0 fully saturated rings. The van der Waals surface area contributed by atoms with Crippen LogP contribution < -0.4 is 5.32 Å². The van der Waals surface area contributed by atoms with Crippen molar-refractivity contribution in [2.75, 3.05) is 11.9 Å². The van der Waals surface area contributed by atoms with Gasteiger partial charge in [0.25, 0.3) is 0 Å². The number of aromatic amines is 1. The second kappa shape index (κ2) is 10.8. The van der Waals surface area contributed by atoms with Crippen LogP contribution in [-0.2, 0) is 22.4 Å². The molecule has 6 rings (SSSR count). The van der Waals surface area contributed by atoms with E-state index in [9.17, 15) is 9.59 Å². The summed E-state index contributed by atoms with van der Waals surface area (Å²) in [6.45, 7) is 3.86. The van der Waals surface area contributed by atoms with Gasteiger partial charge in [0.05, 0.1) is 17.4 Å². The highest BCUT2D eigenvalue weighted by molar-refractivity contribution is 8.00. The van der Waals surface area contributed by atoms with Crippen molar-refractivity contribution in [1.29, 1.82) is 0 Å². The van der Waals surface area contributed by atoms with Gasteiger partial charge in [0.2, 0.25) is 11.1 Å². The van der Waals surface area contributed by atoms with Crippen molar-refractivity contribution in [1.82, 2.24) is 20.2 Å². The molecule has 0 saturated heterocycles. The first-order valence-corrected chi connectivity index (χ1v) is 14.7. The highest BCUT2D eigenvalue weighted by atomic mass is 32.2. The smallest absolute Gasteiger partial charge is 0.341 e. The predicted octanol–water partition coefficient (Wildman–Crippen LogP) is 6.14. The number of amides is 1. The molecule has 2 atom stereocenters. The fraction of sp³-hybridized carbons (Fsp3) is 0.276. The van der Waals surface area contributed by atoms with E-state index in [-0.39, 0.29) is 18.5 Å². The molecule has 198 valence electrons. The summed E-state index contributed by atoms with van der Waals surface area (Å²) in [7, 11) is 0. The number of esters is 1. The van der Waals surface area contributed by atoms with E-state index in [1.807, 2.05) is 30.3 Å². The van der Waals surface area contributed by atoms with Crippen LogP contribution in [0.5, 0.6) is 0 Å². The lowest BCUT2D eigenvalue weighted by Gasteiger charge is -2.23. The number of fused-ring (bicyclic) bond motifs is 4. The Balaban J connectivity index is 1.22. The lowest BCUT2D eigenvalue weighted by Crippen LogP contribution is -2.23. The number of thioether (sulfide) groups is 1. The summed E-state index contributed by atoms with van der Waals surface area (Å²) < 4.78 is 5.39. The first kappa shape index (κ1) is 25.5. The standard InChI is InChI=1S/C29H27N5O3S2/c1-3-37-28(36)23-20-14-13-18(17-9-5-4-6-10-17)15-22(20)39-27(23)32-26(35)16(2)38-29-31-25-24(33-34-29)19-11-7-8-12-21(19)30-25/h4-12,16,18H,3,13-15H2,1-2H3,(H,32,35)(H,30,31,34). The maximum atomic E-state index is 13.3. The molecule has 39 heavy (non-hydrogen) atoms. The summed E-state index contributed by atoms with van der Waals surface area (Å²) in [4.78, 5) is 35.3. The molecule has 3 aromatic heterocycles. The highest BCUT2D eigenvalue weighted by Gasteiger charge is 2.31. The van der Waals surface area contributed by atoms with Crippen LogP contribution >= 0.6 is 23.1 Å². The van der Waals surface area contributed by atoms with E-state index in [2.05, 4.69) is 49.7 Å². The fourth-order valence-corrected chi connectivity index (χ4v) is 7.12. The predicted molar refractivity (Wildman–Crippen MR) is 155 cm³/mol. The molecule has 5 aromatic rings. The van der Waals surface area contributed by atoms with Gasteiger partial charge in [-0.1, -0.05) is 60.3 Å². The van der Waals surface area contributed by atoms with Crippen molar-refractivity contribution in [2.45, 2.75) is 49.4 Å². The van der Waals surface area contributed by atoms with Gasteiger partial charge < -0.3 is 15.0 Å². The minimum atomic E-state index is -0.514. The lowest BCUT2D eigenvalue weighted by molar-refractivity contribution is -0.115. The van der Waals surface area contributed by atoms with Gasteiger partial charge in [-0.05, 0) is 56.2 Å². The van der Waals surface area contributed by atoms with Crippen LogP contribution in [0.15, 0.2) is 59.8 Å². The molecule has 0 spiro atoms. The Hall–Kier alpha value is -3.76. The maximum absolute atomic E-state index is 13.3. The Morgan fingerprint density at radius 3 is 2.77 bits per heavy atom. The number of carbonyl (C=O) groups is 2. The number of ether oxygens (including phenoxy) is 1. The van der Waals surface area contributed by atoms with Crippen molar-refractivity contribution in [3.63, 3.8) is 0 Å². The van der Waals surface area contributed by atoms with Crippen LogP contribution in [0, 0.1) is 0 Å². The fourth-order valence-electron chi connectivity index (χ4n) is 5.08. The average Bonchev–Trinajstić information content (AvgIpc) is 3.50. The summed E-state index contributed by atoms with van der Waals surface area (Å²) in [6, 6.07) is 18.3. The van der Waals surface area contributed by atoms with Crippen molar-refractivity contribution in [2.24, 2.45) is 0 Å². The summed E-state index contributed by atoms with van der Waals surface area (Å²) in [6.07, 6.45) is 2.55. The Morgan fingerprint density at radius 1 is 1.15 bits per heavy atom. The molecule has 1 aliphatic rings. The van der Waals surface area contributed by atoms with E-state index in [1.54, 1.807) is 13.8 Å². The number of benzene rings is 2. The number of carbonyl (C=O) groups excluding carboxylic acids is 2. The Kier molecular flexibility index (Phi) is 7.05. The molecule has 1 aliphatic carbocycles. The van der Waals surface area contributed by atoms with Gasteiger partial charge in [-0.25, -0.2) is 9.78 Å². The number of rotatable bonds is 7. The first-order valence-electron chi connectivity index (χ1n) is 13.0. The van der Waals surface area contributed by atoms with Crippen LogP contribution in [0.1, 0.15) is 52.5 Å². The van der Waals surface area contributed by atoms with E-state index in [4.69, 9.17) is 4.74 Å². The van der Waals surface area contributed by atoms with Crippen LogP contribution in [0.4, 0.5) is 5.00 Å². The zero-order valence-electron chi connectivity index (χ0n) is 21.6. The number of anilines is 1. The minimum Gasteiger partial charge on any atom is -0.462 e. The average molecular weight is 558 g/mol. The third-order valence-corrected chi connectivity index (χ3v) is 9.13. The summed E-state index contributed by atoms with van der Waals surface area (Å²) in [5.41, 5.74) is 5.05. The normalized spacial score (nSPS) is 15.7. The molecule has 2 N–H and O–H groups in total. The van der Waals surface area contributed by atoms with Crippen LogP contribution in [0.3, 0.4) is 0 Å². The van der Waals surface area contributed by atoms with Crippen molar-refractivity contribution < 1.29 is 14.3 Å². The van der Waals surface area contributed by atoms with Crippen molar-refractivity contribution in [3.05, 3.63) is 76.2 Å². The zero-order chi connectivity index (χ0) is 26.9. The molecule has 0 bridgehead atoms. The van der Waals surface area contributed by atoms with E-state index in [0.29, 0.717) is 32.8 Å². The number of hydrogen-bond donors (Lipinski definition) is 2. The van der Waals surface area contributed by atoms with Gasteiger partial charge in [0.15, 0.2) is 5.65 Å². The van der Waals surface area contributed by atoms with Crippen molar-refractivity contribution in [3.8, 4) is 0 Å². The first-order chi connectivity index (χ1) is 19.0. The monoisotopic (exact) mass is 557 g/mol. The minimum absolute atomic E-state index is 0.232. The van der Waals surface area contributed by atoms with E-state index < -0.39 is 5.25 Å². The summed E-state index contributed by atoms with van der Waals surface area (Å²) in [5.74, 6) is -0.237. The van der Waals surface area contributed by atoms with Gasteiger partial charge >= 0.3 is 5.97 Å². The number of para-hydroxylation sites is 1. The van der Waals surface area contributed by atoms with Crippen LogP contribution in [-0.4, -0.2) is 43.9 Å². The second-order valence-electron chi connectivity index (χ2n) is 9.49. The Labute approximate surface area is 233 Å². The lowest BCUT2D eigenvalue weighted by atomic mass is 9.83. The van der Waals surface area contributed by atoms with E-state index in [0.717, 1.165) is 40.6 Å². The largest absolute Gasteiger partial charge is 0.462 e. The third-order valence-electron chi connectivity index (χ3n) is 7.01. The second-order valence-corrected chi connectivity index (χ2v) is 11.9. The summed E-state index contributed by atoms with van der Waals surface area (Å²) in [5, 5.41) is 13.0. The molecule has 8 nitrogen and oxygen atoms in total. The number of thiophene rings is 1. The quantitative estimate of drug-likeness (QED) is 0.183. The molecule has 3 heterocycles. The molecule has 0 aliphatic heterocycles. The molecule has 0 radical (unpaired) electrons. The molecule has 10 heteroatoms. The summed E-state index contributed by atoms with van der Waals surface area (Å²) >= 11 is 2.70. The van der Waals surface area contributed by atoms with Crippen molar-refractivity contribution >= 4 is 62.0 Å². The van der Waals surface area contributed by atoms with Crippen LogP contribution in [0.25, 0.3) is 22.1 Å². The maximum Gasteiger partial charge on any atom is 0.341 e. The molecular weight excluding hydrogens is 530 g/mol. The highest BCUT2D eigenvalue weighted by Crippen LogP contribution is 2.43. The third kappa shape index (κ3) is 5.02. The number of hydrogen-bond acceptors (Lipinski definition) is 8. The number of H-pyrrole nitrogens is 1. The molecule has 0 saturated carbocycles. The molecule has 2 unspecified atom stereocenters. The molecule has 1 amide bonds. The zero-order valence-corrected chi connectivity index (χ0v) is 23.2. The SMILES string of the molecule is CCOC(=O)c1c(NC(=O)C(C)Sc2nnc3c(n2)[nH]c2ccccc23)sc2c1CCC(c1ccccc1)C2. The van der Waals surface area contributed by atoms with Gasteiger partial charge in [-0.3, -0.25) is 4.79 Å². The van der Waals surface area contributed by atoms with Gasteiger partial charge in [-0.15, -0.1) is 21.5 Å². The molecule has 2 aromatic carbocycles. The van der Waals surface area contributed by atoms with Gasteiger partial charge in [-0.2, -0.15) is 0 Å². The van der Waals surface area contributed by atoms with Gasteiger partial charge in [0.1, 0.15) is 10.5 Å². The topological polar surface area (TPSA) is 110 Å². The van der Waals surface area contributed by atoms with E-state index >= 15 is 0 Å². The Bertz CT molecular complexity index is 1680. The van der Waals surface area contributed by atoms with Crippen LogP contribution in [0.2, 0.25) is 0 Å². The van der Waals surface area contributed by atoms with E-state index in [1.165, 1.54) is 28.7 Å². The Morgan fingerprint density at radius 2 is 1.95 bits per heavy atom. The molecular formula is C29H27N5O3S2. The number of nitrogens with zero attached hydrogens (tertiary/aromatic N) is 3. The number of aromatic nitrogens is 4.